The molecule has 1 aromatic heterocycles. The lowest BCUT2D eigenvalue weighted by atomic mass is 10.1. The molecule has 0 unspecified atom stereocenters. The highest BCUT2D eigenvalue weighted by molar-refractivity contribution is 7.89. The van der Waals surface area contributed by atoms with Crippen molar-refractivity contribution >= 4 is 21.6 Å². The average Bonchev–Trinajstić information content (AvgIpc) is 2.72. The summed E-state index contributed by atoms with van der Waals surface area (Å²) < 4.78 is 31.4. The zero-order valence-electron chi connectivity index (χ0n) is 17.5. The van der Waals surface area contributed by atoms with Gasteiger partial charge in [-0.05, 0) is 37.3 Å². The largest absolute Gasteiger partial charge is 0.495 e. The van der Waals surface area contributed by atoms with Crippen LogP contribution in [0.5, 0.6) is 5.75 Å². The van der Waals surface area contributed by atoms with Gasteiger partial charge in [-0.15, -0.1) is 0 Å². The van der Waals surface area contributed by atoms with E-state index >= 15 is 0 Å². The Kier molecular flexibility index (Phi) is 6.23. The van der Waals surface area contributed by atoms with E-state index in [1.165, 1.54) is 45.5 Å². The lowest BCUT2D eigenvalue weighted by molar-refractivity contribution is 0.102. The van der Waals surface area contributed by atoms with Crippen LogP contribution in [0.1, 0.15) is 16.1 Å². The van der Waals surface area contributed by atoms with Gasteiger partial charge in [-0.3, -0.25) is 9.59 Å². The Labute approximate surface area is 179 Å². The highest BCUT2D eigenvalue weighted by atomic mass is 32.2. The molecule has 31 heavy (non-hydrogen) atoms. The van der Waals surface area contributed by atoms with Crippen LogP contribution in [0.3, 0.4) is 0 Å². The summed E-state index contributed by atoms with van der Waals surface area (Å²) in [7, 11) is 0.346. The maximum absolute atomic E-state index is 12.8. The molecule has 0 atom stereocenters. The average molecular weight is 442 g/mol. The Hall–Kier alpha value is -3.50. The Morgan fingerprint density at radius 1 is 1.13 bits per heavy atom. The minimum atomic E-state index is -3.81. The monoisotopic (exact) mass is 442 g/mol. The summed E-state index contributed by atoms with van der Waals surface area (Å²) in [6, 6.07) is 12.4. The summed E-state index contributed by atoms with van der Waals surface area (Å²) in [4.78, 5) is 31.4. The summed E-state index contributed by atoms with van der Waals surface area (Å²) in [5.74, 6) is 0.0207. The molecule has 0 bridgehead atoms. The number of nitrogens with one attached hydrogen (secondary N) is 2. The van der Waals surface area contributed by atoms with Crippen molar-refractivity contribution in [2.75, 3.05) is 26.5 Å². The van der Waals surface area contributed by atoms with Crippen LogP contribution in [0.25, 0.3) is 11.4 Å². The van der Waals surface area contributed by atoms with Gasteiger partial charge in [0, 0.05) is 42.7 Å². The number of amides is 1. The first-order valence-electron chi connectivity index (χ1n) is 9.22. The number of carbonyl (C=O) groups excluding carboxylic acids is 1. The van der Waals surface area contributed by atoms with E-state index in [2.05, 4.69) is 15.3 Å². The molecule has 0 spiro atoms. The lowest BCUT2D eigenvalue weighted by Crippen LogP contribution is -2.23. The van der Waals surface area contributed by atoms with Crippen molar-refractivity contribution in [3.63, 3.8) is 0 Å². The predicted octanol–water partition coefficient (Wildman–Crippen LogP) is 2.26. The molecule has 10 heteroatoms. The van der Waals surface area contributed by atoms with Crippen molar-refractivity contribution in [2.45, 2.75) is 11.8 Å². The third kappa shape index (κ3) is 4.81. The van der Waals surface area contributed by atoms with Gasteiger partial charge in [-0.25, -0.2) is 17.7 Å². The topological polar surface area (TPSA) is 121 Å². The van der Waals surface area contributed by atoms with Crippen molar-refractivity contribution < 1.29 is 17.9 Å². The number of hydrogen-bond acceptors (Lipinski definition) is 6. The second-order valence-electron chi connectivity index (χ2n) is 6.92. The molecule has 1 heterocycles. The molecule has 162 valence electrons. The molecule has 0 aliphatic rings. The van der Waals surface area contributed by atoms with Gasteiger partial charge in [0.1, 0.15) is 16.5 Å². The number of methoxy groups -OCH3 is 1. The fourth-order valence-corrected chi connectivity index (χ4v) is 3.95. The van der Waals surface area contributed by atoms with Crippen LogP contribution in [0.4, 0.5) is 5.69 Å². The fraction of sp³-hybridized carbons (Fsp3) is 0.190. The Morgan fingerprint density at radius 3 is 2.52 bits per heavy atom. The fourth-order valence-electron chi connectivity index (χ4n) is 2.88. The molecule has 2 aromatic carbocycles. The first-order chi connectivity index (χ1) is 14.6. The zero-order chi connectivity index (χ0) is 22.8. The van der Waals surface area contributed by atoms with E-state index in [1.807, 2.05) is 0 Å². The molecule has 0 radical (unpaired) electrons. The molecular formula is C21H22N4O5S. The number of carbonyl (C=O) groups is 1. The van der Waals surface area contributed by atoms with Gasteiger partial charge < -0.3 is 15.0 Å². The van der Waals surface area contributed by atoms with Crippen molar-refractivity contribution in [1.29, 1.82) is 0 Å². The number of aromatic nitrogens is 2. The Morgan fingerprint density at radius 2 is 1.87 bits per heavy atom. The predicted molar refractivity (Wildman–Crippen MR) is 117 cm³/mol. The van der Waals surface area contributed by atoms with Crippen molar-refractivity contribution in [3.8, 4) is 17.1 Å². The number of benzene rings is 2. The summed E-state index contributed by atoms with van der Waals surface area (Å²) >= 11 is 0. The number of aryl methyl sites for hydroxylation is 1. The Balaban J connectivity index is 1.93. The molecule has 9 nitrogen and oxygen atoms in total. The smallest absolute Gasteiger partial charge is 0.255 e. The lowest BCUT2D eigenvalue weighted by Gasteiger charge is -2.15. The molecule has 0 fully saturated rings. The van der Waals surface area contributed by atoms with Crippen molar-refractivity contribution in [3.05, 3.63) is 70.1 Å². The number of rotatable bonds is 6. The summed E-state index contributed by atoms with van der Waals surface area (Å²) in [5, 5.41) is 2.73. The van der Waals surface area contributed by atoms with Crippen LogP contribution in [-0.4, -0.2) is 49.8 Å². The van der Waals surface area contributed by atoms with Crippen LogP contribution in [0.2, 0.25) is 0 Å². The third-order valence-electron chi connectivity index (χ3n) is 4.45. The molecule has 3 rings (SSSR count). The molecule has 3 aromatic rings. The van der Waals surface area contributed by atoms with Gasteiger partial charge in [0.15, 0.2) is 0 Å². The molecule has 2 N–H and O–H groups in total. The van der Waals surface area contributed by atoms with Gasteiger partial charge in [-0.2, -0.15) is 0 Å². The van der Waals surface area contributed by atoms with Gasteiger partial charge >= 0.3 is 0 Å². The minimum absolute atomic E-state index is 0.108. The maximum Gasteiger partial charge on any atom is 0.255 e. The highest BCUT2D eigenvalue weighted by Gasteiger charge is 2.24. The molecule has 0 aliphatic carbocycles. The Bertz CT molecular complexity index is 1300. The first kappa shape index (κ1) is 22.2. The summed E-state index contributed by atoms with van der Waals surface area (Å²) in [6.07, 6.45) is 0. The number of H-pyrrole nitrogens is 1. The maximum atomic E-state index is 12.8. The third-order valence-corrected chi connectivity index (χ3v) is 6.28. The van der Waals surface area contributed by atoms with Gasteiger partial charge in [0.25, 0.3) is 11.5 Å². The van der Waals surface area contributed by atoms with Crippen molar-refractivity contribution in [2.24, 2.45) is 0 Å². The van der Waals surface area contributed by atoms with E-state index in [1.54, 1.807) is 31.2 Å². The molecule has 1 amide bonds. The standard InChI is InChI=1S/C21H22N4O5S/c1-13-10-19(26)24-20(22-13)14-6-5-7-16(11-14)23-21(27)15-8-9-17(30-4)18(12-15)31(28,29)25(2)3/h5-12H,1-4H3,(H,23,27)(H,22,24,26). The van der Waals surface area contributed by atoms with Gasteiger partial charge in [-0.1, -0.05) is 12.1 Å². The van der Waals surface area contributed by atoms with E-state index in [0.29, 0.717) is 22.8 Å². The van der Waals surface area contributed by atoms with Gasteiger partial charge in [0.05, 0.1) is 7.11 Å². The molecule has 0 saturated carbocycles. The van der Waals surface area contributed by atoms with E-state index in [9.17, 15) is 18.0 Å². The second kappa shape index (κ2) is 8.70. The summed E-state index contributed by atoms with van der Waals surface area (Å²) in [6.45, 7) is 1.72. The SMILES string of the molecule is COc1ccc(C(=O)Nc2cccc(-c3nc(C)cc(=O)[nH]3)c2)cc1S(=O)(=O)N(C)C. The number of sulfonamides is 1. The number of nitrogens with zero attached hydrogens (tertiary/aromatic N) is 2. The molecule has 0 saturated heterocycles. The number of aromatic amines is 1. The van der Waals surface area contributed by atoms with Crippen molar-refractivity contribution in [1.82, 2.24) is 14.3 Å². The molecule has 0 aliphatic heterocycles. The van der Waals surface area contributed by atoms with E-state index in [4.69, 9.17) is 4.74 Å². The molecular weight excluding hydrogens is 420 g/mol. The van der Waals surface area contributed by atoms with Gasteiger partial charge in [0.2, 0.25) is 10.0 Å². The second-order valence-corrected chi connectivity index (χ2v) is 9.04. The highest BCUT2D eigenvalue weighted by Crippen LogP contribution is 2.27. The van der Waals surface area contributed by atoms with Crippen LogP contribution in [0.15, 0.2) is 58.2 Å². The quantitative estimate of drug-likeness (QED) is 0.604. The van der Waals surface area contributed by atoms with Crippen LogP contribution in [-0.2, 0) is 10.0 Å². The van der Waals surface area contributed by atoms with Crippen LogP contribution in [0, 0.1) is 6.92 Å². The van der Waals surface area contributed by atoms with E-state index in [0.717, 1.165) is 4.31 Å². The van der Waals surface area contributed by atoms with E-state index < -0.39 is 15.9 Å². The van der Waals surface area contributed by atoms with Crippen LogP contribution < -0.4 is 15.6 Å². The number of anilines is 1. The number of hydrogen-bond donors (Lipinski definition) is 2. The normalized spacial score (nSPS) is 11.4. The summed E-state index contributed by atoms with van der Waals surface area (Å²) in [5.41, 5.74) is 1.52. The first-order valence-corrected chi connectivity index (χ1v) is 10.7. The zero-order valence-corrected chi connectivity index (χ0v) is 18.3. The van der Waals surface area contributed by atoms with E-state index in [-0.39, 0.29) is 21.8 Å². The number of ether oxygens (including phenoxy) is 1. The van der Waals surface area contributed by atoms with Crippen LogP contribution >= 0.6 is 0 Å². The minimum Gasteiger partial charge on any atom is -0.495 e.